The third-order valence-corrected chi connectivity index (χ3v) is 2.51. The highest BCUT2D eigenvalue weighted by Crippen LogP contribution is 2.15. The zero-order valence-corrected chi connectivity index (χ0v) is 12.2. The summed E-state index contributed by atoms with van der Waals surface area (Å²) in [7, 11) is 0. The zero-order valence-electron chi connectivity index (χ0n) is 12.2. The lowest BCUT2D eigenvalue weighted by atomic mass is 9.90. The molecule has 0 bridgehead atoms. The number of ketones is 1. The van der Waals surface area contributed by atoms with Crippen molar-refractivity contribution in [1.82, 2.24) is 4.90 Å². The van der Waals surface area contributed by atoms with Gasteiger partial charge in [-0.15, -0.1) is 0 Å². The number of hydrogen-bond donors (Lipinski definition) is 1. The molecule has 0 radical (unpaired) electrons. The Morgan fingerprint density at radius 2 is 1.83 bits per heavy atom. The van der Waals surface area contributed by atoms with Crippen LogP contribution in [0.4, 0.5) is 0 Å². The van der Waals surface area contributed by atoms with Gasteiger partial charge in [-0.05, 0) is 13.8 Å². The van der Waals surface area contributed by atoms with Crippen LogP contribution in [0.1, 0.15) is 34.6 Å². The molecule has 0 spiro atoms. The van der Waals surface area contributed by atoms with Crippen LogP contribution in [0.2, 0.25) is 0 Å². The van der Waals surface area contributed by atoms with Gasteiger partial charge in [-0.25, -0.2) is 0 Å². The van der Waals surface area contributed by atoms with Gasteiger partial charge in [-0.1, -0.05) is 20.8 Å². The number of rotatable bonds is 7. The van der Waals surface area contributed by atoms with Crippen molar-refractivity contribution in [3.8, 4) is 0 Å². The Morgan fingerprint density at radius 1 is 1.28 bits per heavy atom. The Morgan fingerprint density at radius 3 is 2.22 bits per heavy atom. The molecular weight excluding hydrogens is 232 g/mol. The van der Waals surface area contributed by atoms with Crippen molar-refractivity contribution in [1.29, 1.82) is 0 Å². The maximum atomic E-state index is 11.9. The van der Waals surface area contributed by atoms with Crippen molar-refractivity contribution in [2.24, 2.45) is 11.1 Å². The maximum absolute atomic E-state index is 11.9. The topological polar surface area (TPSA) is 72.6 Å². The van der Waals surface area contributed by atoms with Crippen LogP contribution >= 0.6 is 0 Å². The summed E-state index contributed by atoms with van der Waals surface area (Å²) in [6, 6.07) is 0. The van der Waals surface area contributed by atoms with Crippen LogP contribution in [0.25, 0.3) is 0 Å². The SMILES string of the molecule is CC(C)OCCN(CC(=O)C(C)(C)C)C(=O)CN. The van der Waals surface area contributed by atoms with Crippen LogP contribution in [0.15, 0.2) is 0 Å². The largest absolute Gasteiger partial charge is 0.377 e. The Balaban J connectivity index is 4.42. The summed E-state index contributed by atoms with van der Waals surface area (Å²) in [5.74, 6) is -0.200. The molecule has 5 heteroatoms. The van der Waals surface area contributed by atoms with Gasteiger partial charge >= 0.3 is 0 Å². The first-order valence-corrected chi connectivity index (χ1v) is 6.31. The molecule has 106 valence electrons. The van der Waals surface area contributed by atoms with Crippen molar-refractivity contribution in [2.75, 3.05) is 26.2 Å². The monoisotopic (exact) mass is 258 g/mol. The quantitative estimate of drug-likeness (QED) is 0.733. The molecule has 1 amide bonds. The van der Waals surface area contributed by atoms with Gasteiger partial charge in [0.05, 0.1) is 25.8 Å². The first-order chi connectivity index (χ1) is 8.18. The molecule has 0 aromatic rings. The average molecular weight is 258 g/mol. The number of Topliss-reactive ketones (excluding diaryl/α,β-unsaturated/α-hetero) is 1. The van der Waals surface area contributed by atoms with Crippen molar-refractivity contribution in [3.63, 3.8) is 0 Å². The van der Waals surface area contributed by atoms with E-state index in [1.54, 1.807) is 0 Å². The molecule has 0 aromatic carbocycles. The highest BCUT2D eigenvalue weighted by atomic mass is 16.5. The Labute approximate surface area is 110 Å². The molecule has 0 atom stereocenters. The number of hydrogen-bond acceptors (Lipinski definition) is 4. The van der Waals surface area contributed by atoms with E-state index in [2.05, 4.69) is 0 Å². The molecular formula is C13H26N2O3. The van der Waals surface area contributed by atoms with Gasteiger partial charge in [0.15, 0.2) is 5.78 Å². The fourth-order valence-corrected chi connectivity index (χ4v) is 1.23. The summed E-state index contributed by atoms with van der Waals surface area (Å²) in [5.41, 5.74) is 4.89. The number of carbonyl (C=O) groups excluding carboxylic acids is 2. The van der Waals surface area contributed by atoms with Crippen molar-refractivity contribution >= 4 is 11.7 Å². The number of nitrogens with two attached hydrogens (primary N) is 1. The molecule has 0 heterocycles. The molecule has 0 saturated heterocycles. The van der Waals surface area contributed by atoms with E-state index in [1.807, 2.05) is 34.6 Å². The zero-order chi connectivity index (χ0) is 14.3. The van der Waals surface area contributed by atoms with E-state index in [-0.39, 0.29) is 30.9 Å². The molecule has 0 rings (SSSR count). The van der Waals surface area contributed by atoms with Crippen LogP contribution in [0.3, 0.4) is 0 Å². The molecule has 0 fully saturated rings. The highest BCUT2D eigenvalue weighted by molar-refractivity contribution is 5.89. The van der Waals surface area contributed by atoms with Gasteiger partial charge in [0.25, 0.3) is 0 Å². The Kier molecular flexibility index (Phi) is 7.09. The van der Waals surface area contributed by atoms with E-state index in [4.69, 9.17) is 10.5 Å². The highest BCUT2D eigenvalue weighted by Gasteiger charge is 2.25. The molecule has 0 saturated carbocycles. The van der Waals surface area contributed by atoms with Crippen molar-refractivity contribution in [2.45, 2.75) is 40.7 Å². The van der Waals surface area contributed by atoms with E-state index in [0.717, 1.165) is 0 Å². The van der Waals surface area contributed by atoms with Crippen LogP contribution in [0, 0.1) is 5.41 Å². The average Bonchev–Trinajstić information content (AvgIpc) is 2.24. The molecule has 0 unspecified atom stereocenters. The van der Waals surface area contributed by atoms with Crippen LogP contribution < -0.4 is 5.73 Å². The molecule has 5 nitrogen and oxygen atoms in total. The summed E-state index contributed by atoms with van der Waals surface area (Å²) >= 11 is 0. The van der Waals surface area contributed by atoms with Gasteiger partial charge < -0.3 is 15.4 Å². The molecule has 0 aliphatic heterocycles. The standard InChI is InChI=1S/C13H26N2O3/c1-10(2)18-7-6-15(12(17)8-14)9-11(16)13(3,4)5/h10H,6-9,14H2,1-5H3. The number of amides is 1. The second-order valence-corrected chi connectivity index (χ2v) is 5.61. The summed E-state index contributed by atoms with van der Waals surface area (Å²) < 4.78 is 5.39. The lowest BCUT2D eigenvalue weighted by molar-refractivity contribution is -0.137. The summed E-state index contributed by atoms with van der Waals surface area (Å²) in [5, 5.41) is 0. The van der Waals surface area contributed by atoms with E-state index in [0.29, 0.717) is 13.2 Å². The number of carbonyl (C=O) groups is 2. The lowest BCUT2D eigenvalue weighted by Crippen LogP contribution is -2.44. The fraction of sp³-hybridized carbons (Fsp3) is 0.846. The maximum Gasteiger partial charge on any atom is 0.236 e. The number of nitrogens with zero attached hydrogens (tertiary/aromatic N) is 1. The van der Waals surface area contributed by atoms with E-state index in [1.165, 1.54) is 4.90 Å². The summed E-state index contributed by atoms with van der Waals surface area (Å²) in [6.45, 7) is 10.2. The minimum Gasteiger partial charge on any atom is -0.377 e. The van der Waals surface area contributed by atoms with Crippen LogP contribution in [-0.4, -0.2) is 48.9 Å². The molecule has 0 aromatic heterocycles. The second kappa shape index (κ2) is 7.48. The first kappa shape index (κ1) is 17.1. The minimum absolute atomic E-state index is 0.0221. The predicted molar refractivity (Wildman–Crippen MR) is 71.2 cm³/mol. The van der Waals surface area contributed by atoms with E-state index < -0.39 is 5.41 Å². The van der Waals surface area contributed by atoms with Crippen LogP contribution in [0.5, 0.6) is 0 Å². The Bertz CT molecular complexity index is 282. The Hall–Kier alpha value is -0.940. The van der Waals surface area contributed by atoms with Gasteiger partial charge in [0.1, 0.15) is 0 Å². The fourth-order valence-electron chi connectivity index (χ4n) is 1.23. The van der Waals surface area contributed by atoms with Gasteiger partial charge in [-0.3, -0.25) is 9.59 Å². The van der Waals surface area contributed by atoms with E-state index in [9.17, 15) is 9.59 Å². The predicted octanol–water partition coefficient (Wildman–Crippen LogP) is 0.814. The number of ether oxygens (including phenoxy) is 1. The van der Waals surface area contributed by atoms with E-state index >= 15 is 0 Å². The molecule has 0 aliphatic rings. The molecule has 2 N–H and O–H groups in total. The summed E-state index contributed by atoms with van der Waals surface area (Å²) in [4.78, 5) is 25.0. The molecule has 18 heavy (non-hydrogen) atoms. The van der Waals surface area contributed by atoms with Gasteiger partial charge in [-0.2, -0.15) is 0 Å². The third-order valence-electron chi connectivity index (χ3n) is 2.51. The second-order valence-electron chi connectivity index (χ2n) is 5.61. The van der Waals surface area contributed by atoms with Crippen LogP contribution in [-0.2, 0) is 14.3 Å². The lowest BCUT2D eigenvalue weighted by Gasteiger charge is -2.26. The smallest absolute Gasteiger partial charge is 0.236 e. The summed E-state index contributed by atoms with van der Waals surface area (Å²) in [6.07, 6.45) is 0.109. The molecule has 0 aliphatic carbocycles. The van der Waals surface area contributed by atoms with Crippen molar-refractivity contribution < 1.29 is 14.3 Å². The normalized spacial score (nSPS) is 11.7. The first-order valence-electron chi connectivity index (χ1n) is 6.31. The van der Waals surface area contributed by atoms with Crippen molar-refractivity contribution in [3.05, 3.63) is 0 Å². The third kappa shape index (κ3) is 6.71. The van der Waals surface area contributed by atoms with Gasteiger partial charge in [0.2, 0.25) is 5.91 Å². The van der Waals surface area contributed by atoms with Gasteiger partial charge in [0, 0.05) is 12.0 Å². The minimum atomic E-state index is -0.452.